The van der Waals surface area contributed by atoms with Crippen LogP contribution in [0.1, 0.15) is 18.9 Å². The van der Waals surface area contributed by atoms with Crippen LogP contribution in [-0.2, 0) is 9.53 Å². The van der Waals surface area contributed by atoms with Gasteiger partial charge in [0.1, 0.15) is 6.42 Å². The lowest BCUT2D eigenvalue weighted by Gasteiger charge is -1.96. The topological polar surface area (TPSA) is 69.4 Å². The van der Waals surface area contributed by atoms with Gasteiger partial charge in [-0.1, -0.05) is 17.9 Å². The number of carbonyl (C=O) groups excluding carboxylic acids is 1. The van der Waals surface area contributed by atoms with Gasteiger partial charge in [0.15, 0.2) is 0 Å². The molecule has 0 atom stereocenters. The van der Waals surface area contributed by atoms with Gasteiger partial charge in [-0.25, -0.2) is 0 Å². The fourth-order valence-corrected chi connectivity index (χ4v) is 1.18. The number of nitrogens with zero attached hydrogens (tertiary/aromatic N) is 1. The van der Waals surface area contributed by atoms with Gasteiger partial charge in [-0.2, -0.15) is 4.39 Å². The van der Waals surface area contributed by atoms with Gasteiger partial charge in [-0.05, 0) is 13.0 Å². The number of nitro groups is 1. The number of ether oxygens (including phenoxy) is 1. The first-order chi connectivity index (χ1) is 8.56. The molecule has 6 heteroatoms. The second-order valence-corrected chi connectivity index (χ2v) is 3.18. The van der Waals surface area contributed by atoms with E-state index in [2.05, 4.69) is 16.6 Å². The first kappa shape index (κ1) is 13.6. The van der Waals surface area contributed by atoms with E-state index in [4.69, 9.17) is 0 Å². The normalized spacial score (nSPS) is 9.22. The molecule has 0 heterocycles. The Hall–Kier alpha value is -2.42. The minimum absolute atomic E-state index is 0.117. The number of carbonyl (C=O) groups is 1. The van der Waals surface area contributed by atoms with Crippen molar-refractivity contribution in [3.8, 4) is 11.8 Å². The van der Waals surface area contributed by atoms with Crippen LogP contribution in [0, 0.1) is 27.8 Å². The maximum absolute atomic E-state index is 13.5. The highest BCUT2D eigenvalue weighted by atomic mass is 19.1. The van der Waals surface area contributed by atoms with Gasteiger partial charge in [-0.3, -0.25) is 14.9 Å². The van der Waals surface area contributed by atoms with E-state index in [-0.39, 0.29) is 18.6 Å². The van der Waals surface area contributed by atoms with Crippen LogP contribution in [0.15, 0.2) is 18.2 Å². The van der Waals surface area contributed by atoms with Gasteiger partial charge < -0.3 is 4.74 Å². The van der Waals surface area contributed by atoms with Crippen molar-refractivity contribution < 1.29 is 18.8 Å². The van der Waals surface area contributed by atoms with Crippen molar-refractivity contribution in [3.05, 3.63) is 39.7 Å². The molecule has 0 aliphatic carbocycles. The molecule has 0 N–H and O–H groups in total. The number of hydrogen-bond donors (Lipinski definition) is 0. The molecule has 0 saturated carbocycles. The molecular weight excluding hydrogens is 241 g/mol. The predicted octanol–water partition coefficient (Wildman–Crippen LogP) is 2.04. The van der Waals surface area contributed by atoms with Crippen LogP contribution in [0.25, 0.3) is 0 Å². The number of hydrogen-bond acceptors (Lipinski definition) is 4. The fourth-order valence-electron chi connectivity index (χ4n) is 1.18. The van der Waals surface area contributed by atoms with Gasteiger partial charge in [0.25, 0.3) is 0 Å². The van der Waals surface area contributed by atoms with Crippen LogP contribution in [-0.4, -0.2) is 17.5 Å². The summed E-state index contributed by atoms with van der Waals surface area (Å²) >= 11 is 0. The highest BCUT2D eigenvalue weighted by Gasteiger charge is 2.15. The standard InChI is InChI=1S/C12H10FNO4/c1-2-18-11(15)8-4-6-9-5-3-7-10(12(9)13)14(16)17/h3,5,7H,2,8H2,1H3. The van der Waals surface area contributed by atoms with Crippen LogP contribution in [0.2, 0.25) is 0 Å². The van der Waals surface area contributed by atoms with Crippen molar-refractivity contribution in [3.63, 3.8) is 0 Å². The fraction of sp³-hybridized carbons (Fsp3) is 0.250. The molecule has 1 rings (SSSR count). The Balaban J connectivity index is 2.86. The third-order valence-electron chi connectivity index (χ3n) is 1.94. The maximum atomic E-state index is 13.5. The molecule has 0 bridgehead atoms. The summed E-state index contributed by atoms with van der Waals surface area (Å²) in [6.45, 7) is 1.90. The van der Waals surface area contributed by atoms with E-state index in [9.17, 15) is 19.3 Å². The first-order valence-corrected chi connectivity index (χ1v) is 5.13. The van der Waals surface area contributed by atoms with Crippen molar-refractivity contribution in [1.29, 1.82) is 0 Å². The number of benzene rings is 1. The number of halogens is 1. The monoisotopic (exact) mass is 251 g/mol. The van der Waals surface area contributed by atoms with E-state index in [0.717, 1.165) is 6.07 Å². The molecule has 0 aliphatic rings. The second kappa shape index (κ2) is 6.35. The smallest absolute Gasteiger partial charge is 0.317 e. The molecule has 1 aromatic rings. The highest BCUT2D eigenvalue weighted by Crippen LogP contribution is 2.19. The van der Waals surface area contributed by atoms with Crippen molar-refractivity contribution in [1.82, 2.24) is 0 Å². The molecule has 5 nitrogen and oxygen atoms in total. The Morgan fingerprint density at radius 3 is 2.89 bits per heavy atom. The molecular formula is C12H10FNO4. The molecule has 0 aliphatic heterocycles. The van der Waals surface area contributed by atoms with Crippen LogP contribution in [0.4, 0.5) is 10.1 Å². The summed E-state index contributed by atoms with van der Waals surface area (Å²) in [6.07, 6.45) is -0.185. The first-order valence-electron chi connectivity index (χ1n) is 5.13. The zero-order chi connectivity index (χ0) is 13.5. The van der Waals surface area contributed by atoms with Crippen molar-refractivity contribution in [2.75, 3.05) is 6.61 Å². The van der Waals surface area contributed by atoms with Gasteiger partial charge >= 0.3 is 11.7 Å². The molecule has 0 radical (unpaired) electrons. The molecule has 94 valence electrons. The third-order valence-corrected chi connectivity index (χ3v) is 1.94. The third kappa shape index (κ3) is 3.56. The summed E-state index contributed by atoms with van der Waals surface area (Å²) in [6, 6.07) is 3.68. The van der Waals surface area contributed by atoms with Crippen LogP contribution in [0.5, 0.6) is 0 Å². The average molecular weight is 251 g/mol. The Morgan fingerprint density at radius 1 is 1.56 bits per heavy atom. The Bertz CT molecular complexity index is 531. The molecule has 1 aromatic carbocycles. The Morgan fingerprint density at radius 2 is 2.28 bits per heavy atom. The summed E-state index contributed by atoms with van der Waals surface area (Å²) in [5, 5.41) is 10.5. The SMILES string of the molecule is CCOC(=O)CC#Cc1cccc([N+](=O)[O-])c1F. The number of rotatable bonds is 3. The van der Waals surface area contributed by atoms with E-state index in [1.54, 1.807) is 6.92 Å². The lowest BCUT2D eigenvalue weighted by atomic mass is 10.2. The Kier molecular flexibility index (Phi) is 4.81. The molecule has 0 amide bonds. The molecule has 18 heavy (non-hydrogen) atoms. The van der Waals surface area contributed by atoms with E-state index in [0.29, 0.717) is 0 Å². The van der Waals surface area contributed by atoms with E-state index in [1.165, 1.54) is 12.1 Å². The summed E-state index contributed by atoms with van der Waals surface area (Å²) in [5.41, 5.74) is -0.758. The summed E-state index contributed by atoms with van der Waals surface area (Å²) in [7, 11) is 0. The van der Waals surface area contributed by atoms with E-state index in [1.807, 2.05) is 0 Å². The summed E-state index contributed by atoms with van der Waals surface area (Å²) < 4.78 is 18.2. The number of esters is 1. The largest absolute Gasteiger partial charge is 0.465 e. The van der Waals surface area contributed by atoms with Crippen molar-refractivity contribution >= 4 is 11.7 Å². The van der Waals surface area contributed by atoms with Gasteiger partial charge in [0.2, 0.25) is 5.82 Å². The average Bonchev–Trinajstić information content (AvgIpc) is 2.31. The molecule has 0 spiro atoms. The lowest BCUT2D eigenvalue weighted by Crippen LogP contribution is -2.01. The zero-order valence-corrected chi connectivity index (χ0v) is 9.60. The molecule has 0 fully saturated rings. The number of nitro benzene ring substituents is 1. The van der Waals surface area contributed by atoms with E-state index >= 15 is 0 Å². The van der Waals surface area contributed by atoms with Gasteiger partial charge in [0.05, 0.1) is 17.1 Å². The minimum Gasteiger partial charge on any atom is -0.465 e. The molecule has 0 saturated heterocycles. The maximum Gasteiger partial charge on any atom is 0.317 e. The van der Waals surface area contributed by atoms with Gasteiger partial charge in [-0.15, -0.1) is 0 Å². The summed E-state index contributed by atoms with van der Waals surface area (Å²) in [5.74, 6) is 3.25. The lowest BCUT2D eigenvalue weighted by molar-refractivity contribution is -0.387. The minimum atomic E-state index is -1.00. The molecule has 0 aromatic heterocycles. The summed E-state index contributed by atoms with van der Waals surface area (Å²) in [4.78, 5) is 20.6. The van der Waals surface area contributed by atoms with Crippen LogP contribution >= 0.6 is 0 Å². The highest BCUT2D eigenvalue weighted by molar-refractivity contribution is 5.72. The molecule has 0 unspecified atom stereocenters. The van der Waals surface area contributed by atoms with Crippen molar-refractivity contribution in [2.45, 2.75) is 13.3 Å². The predicted molar refractivity (Wildman–Crippen MR) is 61.2 cm³/mol. The second-order valence-electron chi connectivity index (χ2n) is 3.18. The van der Waals surface area contributed by atoms with Crippen molar-refractivity contribution in [2.24, 2.45) is 0 Å². The van der Waals surface area contributed by atoms with E-state index < -0.39 is 22.4 Å². The Labute approximate surface area is 103 Å². The van der Waals surface area contributed by atoms with Crippen LogP contribution < -0.4 is 0 Å². The van der Waals surface area contributed by atoms with Gasteiger partial charge in [0, 0.05) is 6.07 Å². The van der Waals surface area contributed by atoms with Crippen LogP contribution in [0.3, 0.4) is 0 Å². The quantitative estimate of drug-likeness (QED) is 0.357. The zero-order valence-electron chi connectivity index (χ0n) is 9.60.